The maximum atomic E-state index is 13.0. The lowest BCUT2D eigenvalue weighted by molar-refractivity contribution is -0.143. The Bertz CT molecular complexity index is 917. The van der Waals surface area contributed by atoms with Crippen molar-refractivity contribution in [2.75, 3.05) is 5.32 Å². The van der Waals surface area contributed by atoms with Crippen LogP contribution in [0.25, 0.3) is 0 Å². The third kappa shape index (κ3) is 4.26. The third-order valence-corrected chi connectivity index (χ3v) is 4.69. The molecule has 6 heteroatoms. The summed E-state index contributed by atoms with van der Waals surface area (Å²) in [5.74, 6) is -1.40. The molecule has 0 aromatic heterocycles. The monoisotopic (exact) mass is 382 g/mol. The van der Waals surface area contributed by atoms with E-state index in [4.69, 9.17) is 11.6 Å². The number of aryl methyl sites for hydroxylation is 2. The van der Waals surface area contributed by atoms with E-state index in [1.165, 1.54) is 12.2 Å². The van der Waals surface area contributed by atoms with Crippen molar-refractivity contribution in [3.8, 4) is 0 Å². The molecule has 0 saturated carbocycles. The van der Waals surface area contributed by atoms with Gasteiger partial charge in [-0.25, -0.2) is 0 Å². The van der Waals surface area contributed by atoms with Gasteiger partial charge in [-0.3, -0.25) is 19.3 Å². The molecule has 1 aliphatic heterocycles. The maximum absolute atomic E-state index is 13.0. The molecule has 1 atom stereocenters. The van der Waals surface area contributed by atoms with E-state index in [0.717, 1.165) is 21.6 Å². The minimum Gasteiger partial charge on any atom is -0.324 e. The van der Waals surface area contributed by atoms with Crippen LogP contribution in [0.2, 0.25) is 5.02 Å². The third-order valence-electron chi connectivity index (χ3n) is 4.44. The van der Waals surface area contributed by atoms with Gasteiger partial charge in [-0.15, -0.1) is 0 Å². The summed E-state index contributed by atoms with van der Waals surface area (Å²) in [5.41, 5.74) is 3.44. The number of benzene rings is 2. The van der Waals surface area contributed by atoms with Gasteiger partial charge in [0.2, 0.25) is 5.91 Å². The minimum atomic E-state index is -0.957. The Labute approximate surface area is 162 Å². The van der Waals surface area contributed by atoms with E-state index in [-0.39, 0.29) is 6.42 Å². The molecule has 1 N–H and O–H groups in total. The number of hydrogen-bond acceptors (Lipinski definition) is 3. The van der Waals surface area contributed by atoms with Gasteiger partial charge >= 0.3 is 0 Å². The summed E-state index contributed by atoms with van der Waals surface area (Å²) in [7, 11) is 0. The van der Waals surface area contributed by atoms with Crippen LogP contribution in [0, 0.1) is 13.8 Å². The molecule has 0 spiro atoms. The summed E-state index contributed by atoms with van der Waals surface area (Å²) in [6.07, 6.45) is 2.57. The SMILES string of the molecule is Cc1ccc(NC(=O)C(Cc2ccc(Cl)cc2)N2C(=O)C=CC2=O)c(C)c1. The van der Waals surface area contributed by atoms with Gasteiger partial charge in [0.1, 0.15) is 6.04 Å². The van der Waals surface area contributed by atoms with Gasteiger partial charge in [0.25, 0.3) is 11.8 Å². The molecule has 2 aromatic rings. The lowest BCUT2D eigenvalue weighted by Gasteiger charge is -2.26. The van der Waals surface area contributed by atoms with Gasteiger partial charge in [-0.05, 0) is 43.2 Å². The largest absolute Gasteiger partial charge is 0.324 e. The first kappa shape index (κ1) is 18.9. The summed E-state index contributed by atoms with van der Waals surface area (Å²) in [5, 5.41) is 3.42. The van der Waals surface area contributed by atoms with E-state index in [2.05, 4.69) is 5.32 Å². The zero-order chi connectivity index (χ0) is 19.6. The van der Waals surface area contributed by atoms with Crippen LogP contribution in [0.3, 0.4) is 0 Å². The average Bonchev–Trinajstić information content (AvgIpc) is 2.95. The molecule has 2 aromatic carbocycles. The smallest absolute Gasteiger partial charge is 0.254 e. The van der Waals surface area contributed by atoms with Crippen molar-refractivity contribution in [2.45, 2.75) is 26.3 Å². The first-order valence-corrected chi connectivity index (χ1v) is 8.91. The first-order valence-electron chi connectivity index (χ1n) is 8.53. The van der Waals surface area contributed by atoms with Crippen LogP contribution in [0.1, 0.15) is 16.7 Å². The number of nitrogens with one attached hydrogen (secondary N) is 1. The molecular weight excluding hydrogens is 364 g/mol. The summed E-state index contributed by atoms with van der Waals surface area (Å²) in [4.78, 5) is 38.3. The Morgan fingerprint density at radius 1 is 1.04 bits per heavy atom. The molecule has 1 unspecified atom stereocenters. The number of hydrogen-bond donors (Lipinski definition) is 1. The zero-order valence-corrected chi connectivity index (χ0v) is 15.8. The number of anilines is 1. The van der Waals surface area contributed by atoms with Crippen molar-refractivity contribution < 1.29 is 14.4 Å². The van der Waals surface area contributed by atoms with Gasteiger partial charge < -0.3 is 5.32 Å². The second-order valence-electron chi connectivity index (χ2n) is 6.53. The van der Waals surface area contributed by atoms with Crippen LogP contribution in [0.4, 0.5) is 5.69 Å². The molecule has 3 rings (SSSR count). The zero-order valence-electron chi connectivity index (χ0n) is 15.0. The molecular formula is C21H19ClN2O3. The van der Waals surface area contributed by atoms with E-state index in [9.17, 15) is 14.4 Å². The Morgan fingerprint density at radius 2 is 1.67 bits per heavy atom. The highest BCUT2D eigenvalue weighted by atomic mass is 35.5. The van der Waals surface area contributed by atoms with E-state index in [0.29, 0.717) is 10.7 Å². The molecule has 0 saturated heterocycles. The van der Waals surface area contributed by atoms with Crippen LogP contribution in [-0.4, -0.2) is 28.7 Å². The number of nitrogens with zero attached hydrogens (tertiary/aromatic N) is 1. The standard InChI is InChI=1S/C21H19ClN2O3/c1-13-3-8-17(14(2)11-13)23-21(27)18(24-19(25)9-10-20(24)26)12-15-4-6-16(22)7-5-15/h3-11,18H,12H2,1-2H3,(H,23,27). The second-order valence-corrected chi connectivity index (χ2v) is 6.97. The molecule has 1 heterocycles. The highest BCUT2D eigenvalue weighted by Crippen LogP contribution is 2.20. The van der Waals surface area contributed by atoms with Gasteiger partial charge in [-0.1, -0.05) is 41.4 Å². The molecule has 5 nitrogen and oxygen atoms in total. The van der Waals surface area contributed by atoms with Crippen LogP contribution < -0.4 is 5.32 Å². The van der Waals surface area contributed by atoms with Gasteiger partial charge in [-0.2, -0.15) is 0 Å². The first-order chi connectivity index (χ1) is 12.8. The fourth-order valence-corrected chi connectivity index (χ4v) is 3.16. The summed E-state index contributed by atoms with van der Waals surface area (Å²) in [6, 6.07) is 11.7. The van der Waals surface area contributed by atoms with E-state index < -0.39 is 23.8 Å². The fraction of sp³-hybridized carbons (Fsp3) is 0.190. The van der Waals surface area contributed by atoms with Crippen molar-refractivity contribution in [2.24, 2.45) is 0 Å². The van der Waals surface area contributed by atoms with Crippen LogP contribution in [-0.2, 0) is 20.8 Å². The quantitative estimate of drug-likeness (QED) is 0.805. The predicted octanol–water partition coefficient (Wildman–Crippen LogP) is 3.43. The molecule has 138 valence electrons. The summed E-state index contributed by atoms with van der Waals surface area (Å²) < 4.78 is 0. The predicted molar refractivity (Wildman–Crippen MR) is 104 cm³/mol. The average molecular weight is 383 g/mol. The number of carbonyl (C=O) groups is 3. The number of carbonyl (C=O) groups excluding carboxylic acids is 3. The molecule has 3 amide bonds. The van der Waals surface area contributed by atoms with Crippen molar-refractivity contribution in [1.29, 1.82) is 0 Å². The molecule has 0 aliphatic carbocycles. The molecule has 0 radical (unpaired) electrons. The Hall–Kier alpha value is -2.92. The van der Waals surface area contributed by atoms with Gasteiger partial charge in [0.05, 0.1) is 0 Å². The highest BCUT2D eigenvalue weighted by molar-refractivity contribution is 6.30. The van der Waals surface area contributed by atoms with Crippen molar-refractivity contribution in [3.05, 3.63) is 76.3 Å². The number of imide groups is 1. The Morgan fingerprint density at radius 3 is 2.26 bits per heavy atom. The number of halogens is 1. The molecule has 0 fully saturated rings. The molecule has 1 aliphatic rings. The Balaban J connectivity index is 1.88. The lowest BCUT2D eigenvalue weighted by Crippen LogP contribution is -2.48. The van der Waals surface area contributed by atoms with Crippen LogP contribution in [0.5, 0.6) is 0 Å². The van der Waals surface area contributed by atoms with Gasteiger partial charge in [0.15, 0.2) is 0 Å². The molecule has 27 heavy (non-hydrogen) atoms. The minimum absolute atomic E-state index is 0.201. The number of rotatable bonds is 5. The highest BCUT2D eigenvalue weighted by Gasteiger charge is 2.36. The normalized spacial score (nSPS) is 14.6. The van der Waals surface area contributed by atoms with Crippen molar-refractivity contribution >= 4 is 35.0 Å². The van der Waals surface area contributed by atoms with Gasteiger partial charge in [0, 0.05) is 29.3 Å². The summed E-state index contributed by atoms with van der Waals surface area (Å²) >= 11 is 5.91. The van der Waals surface area contributed by atoms with E-state index in [1.807, 2.05) is 32.0 Å². The lowest BCUT2D eigenvalue weighted by atomic mass is 10.0. The number of amides is 3. The maximum Gasteiger partial charge on any atom is 0.254 e. The second kappa shape index (κ2) is 7.76. The molecule has 0 bridgehead atoms. The topological polar surface area (TPSA) is 66.5 Å². The van der Waals surface area contributed by atoms with E-state index in [1.54, 1.807) is 24.3 Å². The summed E-state index contributed by atoms with van der Waals surface area (Å²) in [6.45, 7) is 3.86. The van der Waals surface area contributed by atoms with E-state index >= 15 is 0 Å². The van der Waals surface area contributed by atoms with Crippen LogP contribution in [0.15, 0.2) is 54.6 Å². The fourth-order valence-electron chi connectivity index (χ4n) is 3.03. The van der Waals surface area contributed by atoms with Crippen LogP contribution >= 0.6 is 11.6 Å². The Kier molecular flexibility index (Phi) is 5.42. The van der Waals surface area contributed by atoms with Crippen molar-refractivity contribution in [1.82, 2.24) is 4.90 Å². The van der Waals surface area contributed by atoms with Crippen molar-refractivity contribution in [3.63, 3.8) is 0 Å².